The molecule has 1 aliphatic heterocycles. The monoisotopic (exact) mass is 204 g/mol. The van der Waals surface area contributed by atoms with E-state index in [2.05, 4.69) is 30.3 Å². The summed E-state index contributed by atoms with van der Waals surface area (Å²) in [6.45, 7) is 3.23. The number of benzene rings is 1. The fourth-order valence-electron chi connectivity index (χ4n) is 1.74. The van der Waals surface area contributed by atoms with E-state index in [1.54, 1.807) is 0 Å². The molecule has 0 aliphatic carbocycles. The minimum absolute atomic E-state index is 0.207. The second-order valence-corrected chi connectivity index (χ2v) is 3.64. The van der Waals surface area contributed by atoms with Gasteiger partial charge in [-0.1, -0.05) is 36.4 Å². The van der Waals surface area contributed by atoms with Crippen molar-refractivity contribution < 1.29 is 9.47 Å². The summed E-state index contributed by atoms with van der Waals surface area (Å²) in [4.78, 5) is 0. The summed E-state index contributed by atoms with van der Waals surface area (Å²) >= 11 is 0. The van der Waals surface area contributed by atoms with Gasteiger partial charge >= 0.3 is 0 Å². The molecule has 0 aromatic heterocycles. The van der Waals surface area contributed by atoms with Crippen molar-refractivity contribution in [2.75, 3.05) is 13.4 Å². The smallest absolute Gasteiger partial charge is 0.147 e. The highest BCUT2D eigenvalue weighted by atomic mass is 16.7. The van der Waals surface area contributed by atoms with Crippen LogP contribution in [0.25, 0.3) is 6.08 Å². The molecule has 1 aromatic rings. The lowest BCUT2D eigenvalue weighted by molar-refractivity contribution is -0.140. The van der Waals surface area contributed by atoms with Crippen molar-refractivity contribution in [3.63, 3.8) is 0 Å². The van der Waals surface area contributed by atoms with Crippen molar-refractivity contribution >= 4 is 6.08 Å². The second kappa shape index (κ2) is 5.10. The minimum atomic E-state index is 0.207. The molecule has 0 radical (unpaired) electrons. The second-order valence-electron chi connectivity index (χ2n) is 3.64. The van der Waals surface area contributed by atoms with Crippen LogP contribution in [0.3, 0.4) is 0 Å². The van der Waals surface area contributed by atoms with Crippen molar-refractivity contribution in [3.05, 3.63) is 41.5 Å². The van der Waals surface area contributed by atoms with Crippen molar-refractivity contribution in [2.45, 2.75) is 19.4 Å². The van der Waals surface area contributed by atoms with Crippen LogP contribution < -0.4 is 0 Å². The van der Waals surface area contributed by atoms with E-state index in [4.69, 9.17) is 9.47 Å². The first kappa shape index (κ1) is 10.4. The molecule has 0 bridgehead atoms. The third kappa shape index (κ3) is 2.67. The van der Waals surface area contributed by atoms with Gasteiger partial charge in [-0.05, 0) is 18.1 Å². The summed E-state index contributed by atoms with van der Waals surface area (Å²) in [7, 11) is 0. The quantitative estimate of drug-likeness (QED) is 0.736. The van der Waals surface area contributed by atoms with Gasteiger partial charge in [0, 0.05) is 6.42 Å². The highest BCUT2D eigenvalue weighted by molar-refractivity contribution is 5.49. The van der Waals surface area contributed by atoms with Crippen molar-refractivity contribution in [1.29, 1.82) is 0 Å². The fraction of sp³-hybridized carbons (Fsp3) is 0.385. The molecule has 0 amide bonds. The zero-order valence-electron chi connectivity index (χ0n) is 8.98. The summed E-state index contributed by atoms with van der Waals surface area (Å²) in [5, 5.41) is 0. The predicted octanol–water partition coefficient (Wildman–Crippen LogP) is 3.16. The molecule has 1 aliphatic rings. The third-order valence-corrected chi connectivity index (χ3v) is 2.54. The van der Waals surface area contributed by atoms with Gasteiger partial charge in [0.15, 0.2) is 0 Å². The van der Waals surface area contributed by atoms with E-state index < -0.39 is 0 Å². The van der Waals surface area contributed by atoms with Crippen LogP contribution in [0.2, 0.25) is 0 Å². The highest BCUT2D eigenvalue weighted by Gasteiger charge is 2.15. The van der Waals surface area contributed by atoms with Crippen LogP contribution in [-0.4, -0.2) is 13.4 Å². The molecule has 80 valence electrons. The molecule has 1 unspecified atom stereocenters. The van der Waals surface area contributed by atoms with Crippen molar-refractivity contribution in [3.8, 4) is 0 Å². The number of hydrogen-bond donors (Lipinski definition) is 0. The Hall–Kier alpha value is -1.12. The predicted molar refractivity (Wildman–Crippen MR) is 60.4 cm³/mol. The van der Waals surface area contributed by atoms with Gasteiger partial charge in [-0.25, -0.2) is 0 Å². The van der Waals surface area contributed by atoms with Gasteiger partial charge in [0.1, 0.15) is 6.79 Å². The molecule has 1 heterocycles. The normalized spacial score (nSPS) is 22.1. The molecular weight excluding hydrogens is 188 g/mol. The van der Waals surface area contributed by atoms with Gasteiger partial charge in [-0.3, -0.25) is 0 Å². The molecule has 2 nitrogen and oxygen atoms in total. The third-order valence-electron chi connectivity index (χ3n) is 2.54. The van der Waals surface area contributed by atoms with Gasteiger partial charge in [-0.15, -0.1) is 0 Å². The maximum atomic E-state index is 5.52. The lowest BCUT2D eigenvalue weighted by Gasteiger charge is -2.23. The Labute approximate surface area is 90.5 Å². The maximum Gasteiger partial charge on any atom is 0.147 e. The summed E-state index contributed by atoms with van der Waals surface area (Å²) in [5.74, 6) is 0. The average Bonchev–Trinajstić information content (AvgIpc) is 2.32. The number of rotatable bonds is 2. The van der Waals surface area contributed by atoms with Gasteiger partial charge in [0.05, 0.1) is 12.7 Å². The summed E-state index contributed by atoms with van der Waals surface area (Å²) in [6, 6.07) is 8.50. The first-order chi connectivity index (χ1) is 7.40. The van der Waals surface area contributed by atoms with Crippen LogP contribution in [-0.2, 0) is 9.47 Å². The standard InChI is InChI=1S/C13H16O2/c1-2-3-11-4-6-12(7-5-11)13-8-9-14-10-15-13/h2-7,13H,8-10H2,1H3/b3-2-. The van der Waals surface area contributed by atoms with E-state index in [9.17, 15) is 0 Å². The van der Waals surface area contributed by atoms with Gasteiger partial charge in [0.2, 0.25) is 0 Å². The van der Waals surface area contributed by atoms with E-state index in [0.29, 0.717) is 6.79 Å². The molecule has 0 spiro atoms. The average molecular weight is 204 g/mol. The fourth-order valence-corrected chi connectivity index (χ4v) is 1.74. The first-order valence-corrected chi connectivity index (χ1v) is 5.32. The Morgan fingerprint density at radius 1 is 1.27 bits per heavy atom. The van der Waals surface area contributed by atoms with E-state index in [1.165, 1.54) is 11.1 Å². The molecule has 0 N–H and O–H groups in total. The molecule has 1 fully saturated rings. The van der Waals surface area contributed by atoms with E-state index in [0.717, 1.165) is 13.0 Å². The molecule has 1 aromatic carbocycles. The Morgan fingerprint density at radius 2 is 2.07 bits per heavy atom. The molecule has 15 heavy (non-hydrogen) atoms. The lowest BCUT2D eigenvalue weighted by Crippen LogP contribution is -2.16. The largest absolute Gasteiger partial charge is 0.355 e. The van der Waals surface area contributed by atoms with Crippen LogP contribution in [0.5, 0.6) is 0 Å². The Morgan fingerprint density at radius 3 is 2.67 bits per heavy atom. The van der Waals surface area contributed by atoms with Crippen molar-refractivity contribution in [1.82, 2.24) is 0 Å². The Bertz CT molecular complexity index is 321. The molecule has 2 heteroatoms. The van der Waals surface area contributed by atoms with Crippen LogP contribution in [0, 0.1) is 0 Å². The van der Waals surface area contributed by atoms with Crippen LogP contribution >= 0.6 is 0 Å². The topological polar surface area (TPSA) is 18.5 Å². The van der Waals surface area contributed by atoms with E-state index >= 15 is 0 Å². The SMILES string of the molecule is C/C=C\c1ccc(C2CCOCO2)cc1. The zero-order valence-corrected chi connectivity index (χ0v) is 8.98. The lowest BCUT2D eigenvalue weighted by atomic mass is 10.0. The summed E-state index contributed by atoms with van der Waals surface area (Å²) in [6.07, 6.45) is 5.29. The maximum absolute atomic E-state index is 5.52. The Balaban J connectivity index is 2.08. The van der Waals surface area contributed by atoms with Crippen LogP contribution in [0.4, 0.5) is 0 Å². The summed E-state index contributed by atoms with van der Waals surface area (Å²) in [5.41, 5.74) is 2.47. The van der Waals surface area contributed by atoms with Crippen LogP contribution in [0.1, 0.15) is 30.6 Å². The number of hydrogen-bond acceptors (Lipinski definition) is 2. The number of ether oxygens (including phenoxy) is 2. The molecule has 0 saturated carbocycles. The van der Waals surface area contributed by atoms with Crippen molar-refractivity contribution in [2.24, 2.45) is 0 Å². The van der Waals surface area contributed by atoms with Gasteiger partial charge in [-0.2, -0.15) is 0 Å². The molecular formula is C13H16O2. The van der Waals surface area contributed by atoms with Gasteiger partial charge < -0.3 is 9.47 Å². The zero-order chi connectivity index (χ0) is 10.5. The molecule has 2 rings (SSSR count). The van der Waals surface area contributed by atoms with Crippen LogP contribution in [0.15, 0.2) is 30.3 Å². The Kier molecular flexibility index (Phi) is 3.54. The van der Waals surface area contributed by atoms with E-state index in [-0.39, 0.29) is 6.10 Å². The minimum Gasteiger partial charge on any atom is -0.355 e. The first-order valence-electron chi connectivity index (χ1n) is 5.32. The number of allylic oxidation sites excluding steroid dienone is 1. The van der Waals surface area contributed by atoms with E-state index in [1.807, 2.05) is 13.0 Å². The molecule has 1 atom stereocenters. The van der Waals surface area contributed by atoms with Gasteiger partial charge in [0.25, 0.3) is 0 Å². The molecule has 1 saturated heterocycles. The highest BCUT2D eigenvalue weighted by Crippen LogP contribution is 2.24. The summed E-state index contributed by atoms with van der Waals surface area (Å²) < 4.78 is 10.7.